The van der Waals surface area contributed by atoms with E-state index in [0.29, 0.717) is 16.9 Å². The molecule has 156 valence electrons. The Labute approximate surface area is 177 Å². The molecule has 0 aliphatic carbocycles. The quantitative estimate of drug-likeness (QED) is 0.499. The first-order valence-electron chi connectivity index (χ1n) is 9.68. The van der Waals surface area contributed by atoms with Gasteiger partial charge in [-0.25, -0.2) is 14.1 Å². The fourth-order valence-electron chi connectivity index (χ4n) is 3.35. The topological polar surface area (TPSA) is 88.9 Å². The molecule has 4 rings (SSSR count). The average molecular weight is 417 g/mol. The minimum absolute atomic E-state index is 0.0320. The second kappa shape index (κ2) is 8.35. The highest BCUT2D eigenvalue weighted by Crippen LogP contribution is 2.19. The molecule has 0 unspecified atom stereocenters. The number of benzene rings is 2. The van der Waals surface area contributed by atoms with Gasteiger partial charge in [-0.05, 0) is 50.2 Å². The van der Waals surface area contributed by atoms with E-state index in [1.807, 2.05) is 31.2 Å². The molecule has 7 nitrogen and oxygen atoms in total. The van der Waals surface area contributed by atoms with Gasteiger partial charge in [0.25, 0.3) is 5.91 Å². The van der Waals surface area contributed by atoms with E-state index < -0.39 is 5.91 Å². The lowest BCUT2D eigenvalue weighted by molar-refractivity contribution is -0.121. The molecule has 2 aromatic heterocycles. The van der Waals surface area contributed by atoms with Gasteiger partial charge in [0, 0.05) is 16.6 Å². The zero-order valence-corrected chi connectivity index (χ0v) is 17.0. The lowest BCUT2D eigenvalue weighted by Crippen LogP contribution is -2.42. The van der Waals surface area contributed by atoms with Gasteiger partial charge in [-0.15, -0.1) is 0 Å². The summed E-state index contributed by atoms with van der Waals surface area (Å²) in [5.74, 6) is -1.23. The largest absolute Gasteiger partial charge is 0.288 e. The highest BCUT2D eigenvalue weighted by molar-refractivity contribution is 5.96. The number of rotatable bonds is 4. The summed E-state index contributed by atoms with van der Waals surface area (Å²) < 4.78 is 14.8. The van der Waals surface area contributed by atoms with Crippen molar-refractivity contribution in [2.24, 2.45) is 0 Å². The molecule has 0 fully saturated rings. The molecule has 31 heavy (non-hydrogen) atoms. The summed E-state index contributed by atoms with van der Waals surface area (Å²) in [7, 11) is 0. The van der Waals surface area contributed by atoms with Crippen molar-refractivity contribution in [3.05, 3.63) is 89.1 Å². The number of para-hydroxylation sites is 1. The summed E-state index contributed by atoms with van der Waals surface area (Å²) in [5, 5.41) is 5.38. The average Bonchev–Trinajstić information content (AvgIpc) is 3.06. The summed E-state index contributed by atoms with van der Waals surface area (Å²) in [6, 6.07) is 16.8. The Morgan fingerprint density at radius 3 is 2.48 bits per heavy atom. The van der Waals surface area contributed by atoms with Crippen molar-refractivity contribution in [1.82, 2.24) is 25.6 Å². The molecule has 0 radical (unpaired) electrons. The number of nitrogens with one attached hydrogen (secondary N) is 2. The Morgan fingerprint density at radius 2 is 1.71 bits per heavy atom. The molecule has 8 heteroatoms. The minimum Gasteiger partial charge on any atom is -0.273 e. The molecule has 0 saturated carbocycles. The van der Waals surface area contributed by atoms with E-state index >= 15 is 0 Å². The van der Waals surface area contributed by atoms with E-state index in [1.54, 1.807) is 35.9 Å². The number of hydrazine groups is 1. The van der Waals surface area contributed by atoms with Gasteiger partial charge in [0.2, 0.25) is 5.91 Å². The Hall–Kier alpha value is -4.07. The number of aromatic nitrogens is 3. The zero-order valence-electron chi connectivity index (χ0n) is 17.0. The molecule has 0 aliphatic rings. The molecule has 0 spiro atoms. The number of nitrogens with zero attached hydrogens (tertiary/aromatic N) is 3. The summed E-state index contributed by atoms with van der Waals surface area (Å²) >= 11 is 0. The summed E-state index contributed by atoms with van der Waals surface area (Å²) in [6.45, 7) is 3.64. The van der Waals surface area contributed by atoms with E-state index in [-0.39, 0.29) is 23.8 Å². The highest BCUT2D eigenvalue weighted by atomic mass is 19.1. The molecular formula is C23H20FN5O2. The molecule has 4 aromatic rings. The van der Waals surface area contributed by atoms with Crippen LogP contribution in [0.5, 0.6) is 0 Å². The Bertz CT molecular complexity index is 1280. The maximum absolute atomic E-state index is 13.2. The number of hydrogen-bond acceptors (Lipinski definition) is 4. The Kier molecular flexibility index (Phi) is 5.44. The molecule has 2 heterocycles. The summed E-state index contributed by atoms with van der Waals surface area (Å²) in [4.78, 5) is 29.1. The lowest BCUT2D eigenvalue weighted by atomic mass is 10.1. The Balaban J connectivity index is 1.42. The smallest absolute Gasteiger partial charge is 0.273 e. The van der Waals surface area contributed by atoms with Gasteiger partial charge in [-0.2, -0.15) is 5.10 Å². The van der Waals surface area contributed by atoms with Crippen molar-refractivity contribution in [1.29, 1.82) is 0 Å². The molecule has 0 aliphatic heterocycles. The van der Waals surface area contributed by atoms with Gasteiger partial charge >= 0.3 is 0 Å². The predicted octanol–water partition coefficient (Wildman–Crippen LogP) is 3.18. The van der Waals surface area contributed by atoms with Crippen molar-refractivity contribution < 1.29 is 14.0 Å². The van der Waals surface area contributed by atoms with Crippen LogP contribution in [0.3, 0.4) is 0 Å². The van der Waals surface area contributed by atoms with Crippen LogP contribution >= 0.6 is 0 Å². The van der Waals surface area contributed by atoms with Crippen LogP contribution < -0.4 is 10.9 Å². The van der Waals surface area contributed by atoms with Gasteiger partial charge < -0.3 is 0 Å². The maximum Gasteiger partial charge on any atom is 0.288 e. The SMILES string of the molecule is Cc1nn(-c2ccc(F)cc2)c(C)c1CC(=O)NNC(=O)c1ccc2ccccc2n1. The van der Waals surface area contributed by atoms with Gasteiger partial charge in [0.05, 0.1) is 23.3 Å². The number of amides is 2. The third-order valence-electron chi connectivity index (χ3n) is 5.00. The van der Waals surface area contributed by atoms with Crippen LogP contribution in [0.4, 0.5) is 4.39 Å². The van der Waals surface area contributed by atoms with Crippen LogP contribution in [0.2, 0.25) is 0 Å². The summed E-state index contributed by atoms with van der Waals surface area (Å²) in [6.07, 6.45) is 0.0320. The number of aryl methyl sites for hydroxylation is 1. The van der Waals surface area contributed by atoms with Crippen molar-refractivity contribution in [3.63, 3.8) is 0 Å². The number of fused-ring (bicyclic) bond motifs is 1. The molecule has 0 atom stereocenters. The first-order chi connectivity index (χ1) is 14.9. The van der Waals surface area contributed by atoms with Crippen molar-refractivity contribution in [2.75, 3.05) is 0 Å². The van der Waals surface area contributed by atoms with E-state index in [2.05, 4.69) is 20.9 Å². The molecule has 0 saturated heterocycles. The standard InChI is InChI=1S/C23H20FN5O2/c1-14-19(15(2)29(28-14)18-10-8-17(24)9-11-18)13-22(30)26-27-23(31)21-12-7-16-5-3-4-6-20(16)25-21/h3-12H,13H2,1-2H3,(H,26,30)(H,27,31). The molecular weight excluding hydrogens is 397 g/mol. The first kappa shape index (κ1) is 20.2. The van der Waals surface area contributed by atoms with Gasteiger partial charge in [-0.1, -0.05) is 24.3 Å². The number of halogens is 1. The first-order valence-corrected chi connectivity index (χ1v) is 9.68. The van der Waals surface area contributed by atoms with Gasteiger partial charge in [-0.3, -0.25) is 20.4 Å². The second-order valence-corrected chi connectivity index (χ2v) is 7.11. The molecule has 0 bridgehead atoms. The van der Waals surface area contributed by atoms with Crippen LogP contribution in [0.15, 0.2) is 60.7 Å². The van der Waals surface area contributed by atoms with Crippen molar-refractivity contribution in [2.45, 2.75) is 20.3 Å². The second-order valence-electron chi connectivity index (χ2n) is 7.11. The van der Waals surface area contributed by atoms with Crippen LogP contribution in [-0.2, 0) is 11.2 Å². The summed E-state index contributed by atoms with van der Waals surface area (Å²) in [5.41, 5.74) is 8.60. The number of pyridine rings is 1. The number of hydrogen-bond donors (Lipinski definition) is 2. The fourth-order valence-corrected chi connectivity index (χ4v) is 3.35. The number of carbonyl (C=O) groups is 2. The third kappa shape index (κ3) is 4.28. The normalized spacial score (nSPS) is 10.8. The Morgan fingerprint density at radius 1 is 0.968 bits per heavy atom. The van der Waals surface area contributed by atoms with E-state index in [1.165, 1.54) is 12.1 Å². The highest BCUT2D eigenvalue weighted by Gasteiger charge is 2.17. The minimum atomic E-state index is -0.505. The van der Waals surface area contributed by atoms with Crippen LogP contribution in [0, 0.1) is 19.7 Å². The van der Waals surface area contributed by atoms with Crippen molar-refractivity contribution >= 4 is 22.7 Å². The van der Waals surface area contributed by atoms with E-state index in [0.717, 1.165) is 16.6 Å². The predicted molar refractivity (Wildman–Crippen MR) is 114 cm³/mol. The number of carbonyl (C=O) groups excluding carboxylic acids is 2. The fraction of sp³-hybridized carbons (Fsp3) is 0.130. The van der Waals surface area contributed by atoms with Crippen LogP contribution in [-0.4, -0.2) is 26.6 Å². The van der Waals surface area contributed by atoms with E-state index in [4.69, 9.17) is 0 Å². The lowest BCUT2D eigenvalue weighted by Gasteiger charge is -2.08. The molecule has 2 amide bonds. The van der Waals surface area contributed by atoms with Gasteiger partial charge in [0.1, 0.15) is 11.5 Å². The van der Waals surface area contributed by atoms with Crippen molar-refractivity contribution in [3.8, 4) is 5.69 Å². The zero-order chi connectivity index (χ0) is 22.0. The van der Waals surface area contributed by atoms with Crippen LogP contribution in [0.25, 0.3) is 16.6 Å². The van der Waals surface area contributed by atoms with Gasteiger partial charge in [0.15, 0.2) is 0 Å². The monoisotopic (exact) mass is 417 g/mol. The molecule has 2 N–H and O–H groups in total. The molecule has 2 aromatic carbocycles. The maximum atomic E-state index is 13.2. The third-order valence-corrected chi connectivity index (χ3v) is 5.00. The van der Waals surface area contributed by atoms with E-state index in [9.17, 15) is 14.0 Å². The van der Waals surface area contributed by atoms with Crippen LogP contribution in [0.1, 0.15) is 27.4 Å².